The maximum Gasteiger partial charge on any atom is 0.408 e. The molecule has 1 aromatic rings. The first-order valence-corrected chi connectivity index (χ1v) is 7.95. The lowest BCUT2D eigenvalue weighted by Gasteiger charge is -2.25. The van der Waals surface area contributed by atoms with Crippen LogP contribution in [0.2, 0.25) is 0 Å². The monoisotopic (exact) mass is 319 g/mol. The highest BCUT2D eigenvalue weighted by molar-refractivity contribution is 5.72. The summed E-state index contributed by atoms with van der Waals surface area (Å²) in [4.78, 5) is 24.1. The summed E-state index contributed by atoms with van der Waals surface area (Å²) in [5.74, 6) is -0.473. The molecule has 0 heterocycles. The van der Waals surface area contributed by atoms with Gasteiger partial charge < -0.3 is 14.8 Å². The van der Waals surface area contributed by atoms with Gasteiger partial charge in [0.25, 0.3) is 0 Å². The molecule has 0 unspecified atom stereocenters. The van der Waals surface area contributed by atoms with Crippen molar-refractivity contribution in [2.45, 2.75) is 58.8 Å². The van der Waals surface area contributed by atoms with Gasteiger partial charge in [-0.05, 0) is 31.9 Å². The van der Waals surface area contributed by atoms with Gasteiger partial charge in [-0.2, -0.15) is 0 Å². The molecular weight excluding hydrogens is 294 g/mol. The number of amides is 1. The zero-order valence-electron chi connectivity index (χ0n) is 14.4. The maximum atomic E-state index is 12.1. The number of nitrogens with one attached hydrogen (secondary N) is 1. The number of hydrogen-bond acceptors (Lipinski definition) is 4. The minimum atomic E-state index is -0.577. The lowest BCUT2D eigenvalue weighted by Crippen LogP contribution is -2.40. The first-order chi connectivity index (χ1) is 10.7. The summed E-state index contributed by atoms with van der Waals surface area (Å²) in [5, 5.41) is 2.85. The first-order valence-electron chi connectivity index (χ1n) is 7.95. The fraction of sp³-hybridized carbons (Fsp3) is 0.556. The predicted octanol–water partition coefficient (Wildman–Crippen LogP) is 3.38. The van der Waals surface area contributed by atoms with Gasteiger partial charge in [-0.3, -0.25) is 4.79 Å². The molecule has 0 fully saturated rings. The van der Waals surface area contributed by atoms with Crippen molar-refractivity contribution < 1.29 is 19.1 Å². The number of ether oxygens (including phenoxy) is 2. The Morgan fingerprint density at radius 2 is 1.87 bits per heavy atom. The molecule has 0 saturated carbocycles. The Labute approximate surface area is 137 Å². The largest absolute Gasteiger partial charge is 0.459 e. The van der Waals surface area contributed by atoms with E-state index in [0.717, 1.165) is 11.1 Å². The summed E-state index contributed by atoms with van der Waals surface area (Å²) >= 11 is 0. The number of carbonyl (C=O) groups excluding carboxylic acids is 2. The summed E-state index contributed by atoms with van der Waals surface area (Å²) < 4.78 is 10.9. The predicted molar refractivity (Wildman–Crippen MR) is 87.0 cm³/mol. The number of benzene rings is 1. The summed E-state index contributed by atoms with van der Waals surface area (Å²) in [6.07, 6.45) is -0.325. The van der Waals surface area contributed by atoms with Gasteiger partial charge in [-0.1, -0.05) is 38.1 Å². The van der Waals surface area contributed by atoms with E-state index in [-0.39, 0.29) is 17.9 Å². The van der Waals surface area contributed by atoms with Gasteiger partial charge in [0, 0.05) is 6.42 Å². The summed E-state index contributed by atoms with van der Waals surface area (Å²) in [6, 6.07) is 7.40. The number of esters is 1. The topological polar surface area (TPSA) is 64.6 Å². The summed E-state index contributed by atoms with van der Waals surface area (Å²) in [7, 11) is 0. The molecule has 2 rings (SSSR count). The molecule has 1 aromatic carbocycles. The van der Waals surface area contributed by atoms with Gasteiger partial charge in [0.2, 0.25) is 0 Å². The van der Waals surface area contributed by atoms with E-state index in [2.05, 4.69) is 5.32 Å². The van der Waals surface area contributed by atoms with Crippen LogP contribution in [-0.2, 0) is 20.7 Å². The van der Waals surface area contributed by atoms with Crippen molar-refractivity contribution in [3.8, 4) is 0 Å². The summed E-state index contributed by atoms with van der Waals surface area (Å²) in [5.41, 5.74) is 1.47. The number of rotatable bonds is 3. The Bertz CT molecular complexity index is 589. The second-order valence-corrected chi connectivity index (χ2v) is 7.16. The van der Waals surface area contributed by atoms with Crippen LogP contribution < -0.4 is 5.32 Å². The molecule has 0 saturated heterocycles. The molecular formula is C18H25NO4. The Hall–Kier alpha value is -2.04. The van der Waals surface area contributed by atoms with E-state index in [0.29, 0.717) is 6.42 Å². The number of hydrogen-bond donors (Lipinski definition) is 1. The Balaban J connectivity index is 2.16. The third kappa shape index (κ3) is 4.47. The smallest absolute Gasteiger partial charge is 0.408 e. The molecule has 0 aromatic heterocycles. The molecule has 0 aliphatic heterocycles. The normalized spacial score (nSPS) is 20.1. The standard InChI is InChI=1S/C18H25NO4/c1-11(2)16(20)22-14-10-12-8-6-7-9-13(12)15(14)19-17(21)23-18(3,4)5/h6-9,11,14-15H,10H2,1-5H3,(H,19,21)/t14-,15+/m0/s1. The molecule has 0 bridgehead atoms. The average Bonchev–Trinajstić information content (AvgIpc) is 2.74. The van der Waals surface area contributed by atoms with Crippen LogP contribution in [0.25, 0.3) is 0 Å². The van der Waals surface area contributed by atoms with Gasteiger partial charge in [-0.25, -0.2) is 4.79 Å². The number of alkyl carbamates (subject to hydrolysis) is 1. The van der Waals surface area contributed by atoms with E-state index < -0.39 is 17.8 Å². The van der Waals surface area contributed by atoms with Crippen LogP contribution in [-0.4, -0.2) is 23.8 Å². The molecule has 2 atom stereocenters. The van der Waals surface area contributed by atoms with Crippen molar-refractivity contribution in [3.05, 3.63) is 35.4 Å². The van der Waals surface area contributed by atoms with E-state index in [1.165, 1.54) is 0 Å². The van der Waals surface area contributed by atoms with Crippen LogP contribution in [0.1, 0.15) is 51.8 Å². The first kappa shape index (κ1) is 17.3. The van der Waals surface area contributed by atoms with Crippen molar-refractivity contribution in [1.82, 2.24) is 5.32 Å². The van der Waals surface area contributed by atoms with Gasteiger partial charge in [0.1, 0.15) is 11.7 Å². The molecule has 1 amide bonds. The molecule has 23 heavy (non-hydrogen) atoms. The van der Waals surface area contributed by atoms with Crippen molar-refractivity contribution in [2.75, 3.05) is 0 Å². The second kappa shape index (κ2) is 6.60. The van der Waals surface area contributed by atoms with Crippen LogP contribution >= 0.6 is 0 Å². The molecule has 0 spiro atoms. The van der Waals surface area contributed by atoms with Crippen LogP contribution in [0.3, 0.4) is 0 Å². The molecule has 5 nitrogen and oxygen atoms in total. The fourth-order valence-electron chi connectivity index (χ4n) is 2.56. The van der Waals surface area contributed by atoms with Crippen LogP contribution in [0.5, 0.6) is 0 Å². The molecule has 0 radical (unpaired) electrons. The zero-order chi connectivity index (χ0) is 17.2. The highest BCUT2D eigenvalue weighted by Gasteiger charge is 2.37. The van der Waals surface area contributed by atoms with Crippen molar-refractivity contribution in [3.63, 3.8) is 0 Å². The van der Waals surface area contributed by atoms with E-state index >= 15 is 0 Å². The lowest BCUT2D eigenvalue weighted by molar-refractivity contribution is -0.153. The average molecular weight is 319 g/mol. The maximum absolute atomic E-state index is 12.1. The number of fused-ring (bicyclic) bond motifs is 1. The summed E-state index contributed by atoms with van der Waals surface area (Å²) in [6.45, 7) is 9.02. The third-order valence-electron chi connectivity index (χ3n) is 3.59. The van der Waals surface area contributed by atoms with Gasteiger partial charge in [0.15, 0.2) is 0 Å². The SMILES string of the molecule is CC(C)C(=O)O[C@H]1Cc2ccccc2[C@H]1NC(=O)OC(C)(C)C. The van der Waals surface area contributed by atoms with E-state index in [1.54, 1.807) is 13.8 Å². The van der Waals surface area contributed by atoms with Crippen LogP contribution in [0.15, 0.2) is 24.3 Å². The van der Waals surface area contributed by atoms with Crippen molar-refractivity contribution in [2.24, 2.45) is 5.92 Å². The van der Waals surface area contributed by atoms with Crippen molar-refractivity contribution in [1.29, 1.82) is 0 Å². The van der Waals surface area contributed by atoms with E-state index in [4.69, 9.17) is 9.47 Å². The molecule has 5 heteroatoms. The second-order valence-electron chi connectivity index (χ2n) is 7.16. The van der Waals surface area contributed by atoms with Gasteiger partial charge in [0.05, 0.1) is 12.0 Å². The van der Waals surface area contributed by atoms with E-state index in [1.807, 2.05) is 45.0 Å². The molecule has 1 aliphatic rings. The van der Waals surface area contributed by atoms with Gasteiger partial charge in [-0.15, -0.1) is 0 Å². The highest BCUT2D eigenvalue weighted by Crippen LogP contribution is 2.34. The third-order valence-corrected chi connectivity index (χ3v) is 3.59. The number of carbonyl (C=O) groups is 2. The lowest BCUT2D eigenvalue weighted by atomic mass is 10.1. The fourth-order valence-corrected chi connectivity index (χ4v) is 2.56. The molecule has 126 valence electrons. The van der Waals surface area contributed by atoms with Crippen LogP contribution in [0, 0.1) is 5.92 Å². The Morgan fingerprint density at radius 3 is 2.48 bits per heavy atom. The molecule has 1 aliphatic carbocycles. The van der Waals surface area contributed by atoms with E-state index in [9.17, 15) is 9.59 Å². The highest BCUT2D eigenvalue weighted by atomic mass is 16.6. The zero-order valence-corrected chi connectivity index (χ0v) is 14.4. The minimum absolute atomic E-state index is 0.208. The van der Waals surface area contributed by atoms with Crippen molar-refractivity contribution >= 4 is 12.1 Å². The minimum Gasteiger partial charge on any atom is -0.459 e. The molecule has 1 N–H and O–H groups in total. The Morgan fingerprint density at radius 1 is 1.22 bits per heavy atom. The van der Waals surface area contributed by atoms with Crippen LogP contribution in [0.4, 0.5) is 4.79 Å². The Kier molecular flexibility index (Phi) is 4.97. The quantitative estimate of drug-likeness (QED) is 0.868. The van der Waals surface area contributed by atoms with Gasteiger partial charge >= 0.3 is 12.1 Å².